The lowest BCUT2D eigenvalue weighted by atomic mass is 10.2. The number of hydrogen-bond donors (Lipinski definition) is 1. The molecular weight excluding hydrogens is 248 g/mol. The lowest BCUT2D eigenvalue weighted by molar-refractivity contribution is 0.130. The van der Waals surface area contributed by atoms with E-state index in [0.717, 1.165) is 6.42 Å². The molecule has 5 heteroatoms. The molecule has 0 radical (unpaired) electrons. The number of nitrogens with one attached hydrogen (secondary N) is 1. The van der Waals surface area contributed by atoms with Crippen LogP contribution in [-0.4, -0.2) is 19.1 Å². The Morgan fingerprint density at radius 2 is 2.12 bits per heavy atom. The van der Waals surface area contributed by atoms with Gasteiger partial charge in [0.25, 0.3) is 6.43 Å². The molecule has 0 saturated carbocycles. The van der Waals surface area contributed by atoms with Crippen LogP contribution in [0.3, 0.4) is 0 Å². The van der Waals surface area contributed by atoms with E-state index in [9.17, 15) is 8.78 Å². The van der Waals surface area contributed by atoms with Crippen LogP contribution in [0.4, 0.5) is 14.5 Å². The fourth-order valence-electron chi connectivity index (χ4n) is 1.26. The van der Waals surface area contributed by atoms with Gasteiger partial charge in [0.05, 0.1) is 18.3 Å². The van der Waals surface area contributed by atoms with Gasteiger partial charge >= 0.3 is 0 Å². The van der Waals surface area contributed by atoms with E-state index < -0.39 is 12.5 Å². The van der Waals surface area contributed by atoms with Crippen LogP contribution < -0.4 is 10.1 Å². The van der Waals surface area contributed by atoms with Crippen molar-refractivity contribution in [2.24, 2.45) is 0 Å². The number of ether oxygens (including phenoxy) is 1. The number of alkyl halides is 2. The maximum Gasteiger partial charge on any atom is 0.258 e. The number of rotatable bonds is 6. The van der Waals surface area contributed by atoms with E-state index in [0.29, 0.717) is 23.1 Å². The Bertz CT molecular complexity index is 360. The van der Waals surface area contributed by atoms with Crippen molar-refractivity contribution < 1.29 is 13.5 Å². The zero-order valence-electron chi connectivity index (χ0n) is 9.84. The van der Waals surface area contributed by atoms with Gasteiger partial charge in [-0.25, -0.2) is 8.78 Å². The fourth-order valence-corrected chi connectivity index (χ4v) is 1.43. The van der Waals surface area contributed by atoms with Crippen molar-refractivity contribution in [1.29, 1.82) is 0 Å². The average molecular weight is 264 g/mol. The Morgan fingerprint density at radius 1 is 1.41 bits per heavy atom. The molecule has 2 nitrogen and oxygen atoms in total. The van der Waals surface area contributed by atoms with Crippen LogP contribution >= 0.6 is 11.6 Å². The second-order valence-electron chi connectivity index (χ2n) is 3.76. The standard InChI is InChI=1S/C12H16ClF2NO/c1-3-6-17-11-5-4-9(13)7-10(11)16-8(2)12(14)15/h4-5,7-8,12,16H,3,6H2,1-2H3. The van der Waals surface area contributed by atoms with Crippen molar-refractivity contribution in [1.82, 2.24) is 0 Å². The predicted molar refractivity (Wildman–Crippen MR) is 66.3 cm³/mol. The molecule has 0 spiro atoms. The van der Waals surface area contributed by atoms with E-state index in [4.69, 9.17) is 16.3 Å². The summed E-state index contributed by atoms with van der Waals surface area (Å²) in [7, 11) is 0. The van der Waals surface area contributed by atoms with Crippen molar-refractivity contribution in [3.63, 3.8) is 0 Å². The zero-order chi connectivity index (χ0) is 12.8. The van der Waals surface area contributed by atoms with Crippen molar-refractivity contribution in [2.75, 3.05) is 11.9 Å². The summed E-state index contributed by atoms with van der Waals surface area (Å²) < 4.78 is 30.4. The molecule has 1 atom stereocenters. The van der Waals surface area contributed by atoms with Crippen LogP contribution in [0.15, 0.2) is 18.2 Å². The molecule has 1 rings (SSSR count). The normalized spacial score (nSPS) is 12.6. The minimum Gasteiger partial charge on any atom is -0.491 e. The van der Waals surface area contributed by atoms with Crippen LogP contribution in [0.5, 0.6) is 5.75 Å². The van der Waals surface area contributed by atoms with Crippen molar-refractivity contribution >= 4 is 17.3 Å². The van der Waals surface area contributed by atoms with Crippen LogP contribution in [-0.2, 0) is 0 Å². The first-order valence-corrected chi connectivity index (χ1v) is 5.89. The average Bonchev–Trinajstić information content (AvgIpc) is 2.28. The maximum absolute atomic E-state index is 12.5. The topological polar surface area (TPSA) is 21.3 Å². The summed E-state index contributed by atoms with van der Waals surface area (Å²) in [6, 6.07) is 3.99. The molecule has 0 aliphatic carbocycles. The summed E-state index contributed by atoms with van der Waals surface area (Å²) in [6.45, 7) is 3.93. The zero-order valence-corrected chi connectivity index (χ0v) is 10.6. The molecule has 0 amide bonds. The second kappa shape index (κ2) is 6.64. The van der Waals surface area contributed by atoms with Crippen molar-refractivity contribution in [3.05, 3.63) is 23.2 Å². The molecule has 0 heterocycles. The van der Waals surface area contributed by atoms with Crippen LogP contribution in [0.2, 0.25) is 5.02 Å². The first-order valence-electron chi connectivity index (χ1n) is 5.51. The van der Waals surface area contributed by atoms with Gasteiger partial charge in [0, 0.05) is 5.02 Å². The monoisotopic (exact) mass is 263 g/mol. The largest absolute Gasteiger partial charge is 0.491 e. The fraction of sp³-hybridized carbons (Fsp3) is 0.500. The van der Waals surface area contributed by atoms with Crippen molar-refractivity contribution in [3.8, 4) is 5.75 Å². The molecule has 96 valence electrons. The Morgan fingerprint density at radius 3 is 2.71 bits per heavy atom. The number of anilines is 1. The van der Waals surface area contributed by atoms with Gasteiger partial charge in [-0.2, -0.15) is 0 Å². The third kappa shape index (κ3) is 4.38. The van der Waals surface area contributed by atoms with Gasteiger partial charge in [-0.05, 0) is 31.5 Å². The van der Waals surface area contributed by atoms with E-state index in [2.05, 4.69) is 5.32 Å². The van der Waals surface area contributed by atoms with E-state index in [1.54, 1.807) is 18.2 Å². The minimum atomic E-state index is -2.44. The molecule has 1 unspecified atom stereocenters. The molecule has 17 heavy (non-hydrogen) atoms. The third-order valence-electron chi connectivity index (χ3n) is 2.16. The molecule has 1 N–H and O–H groups in total. The third-order valence-corrected chi connectivity index (χ3v) is 2.40. The maximum atomic E-state index is 12.5. The van der Waals surface area contributed by atoms with Crippen LogP contribution in [0.25, 0.3) is 0 Å². The van der Waals surface area contributed by atoms with E-state index in [-0.39, 0.29) is 0 Å². The highest BCUT2D eigenvalue weighted by Gasteiger charge is 2.16. The molecule has 0 bridgehead atoms. The molecule has 0 aromatic heterocycles. The van der Waals surface area contributed by atoms with E-state index in [1.165, 1.54) is 6.92 Å². The van der Waals surface area contributed by atoms with Gasteiger partial charge in [-0.3, -0.25) is 0 Å². The minimum absolute atomic E-state index is 0.484. The smallest absolute Gasteiger partial charge is 0.258 e. The molecular formula is C12H16ClF2NO. The Kier molecular flexibility index (Phi) is 5.48. The number of halogens is 3. The van der Waals surface area contributed by atoms with Gasteiger partial charge in [0.1, 0.15) is 5.75 Å². The highest BCUT2D eigenvalue weighted by molar-refractivity contribution is 6.30. The van der Waals surface area contributed by atoms with Gasteiger partial charge in [-0.15, -0.1) is 0 Å². The summed E-state index contributed by atoms with van der Waals surface area (Å²) in [5.41, 5.74) is 0.499. The summed E-state index contributed by atoms with van der Waals surface area (Å²) in [6.07, 6.45) is -1.58. The summed E-state index contributed by atoms with van der Waals surface area (Å²) in [4.78, 5) is 0. The molecule has 0 aliphatic heterocycles. The lowest BCUT2D eigenvalue weighted by Gasteiger charge is -2.17. The number of benzene rings is 1. The summed E-state index contributed by atoms with van der Waals surface area (Å²) in [5, 5.41) is 3.18. The first-order chi connectivity index (χ1) is 8.04. The van der Waals surface area contributed by atoms with Crippen LogP contribution in [0, 0.1) is 0 Å². The lowest BCUT2D eigenvalue weighted by Crippen LogP contribution is -2.24. The Hall–Kier alpha value is -1.03. The summed E-state index contributed by atoms with van der Waals surface area (Å²) >= 11 is 5.83. The highest BCUT2D eigenvalue weighted by Crippen LogP contribution is 2.29. The quantitative estimate of drug-likeness (QED) is 0.831. The Labute approximate surface area is 105 Å². The molecule has 1 aromatic rings. The van der Waals surface area contributed by atoms with Crippen molar-refractivity contribution in [2.45, 2.75) is 32.7 Å². The van der Waals surface area contributed by atoms with Gasteiger partial charge in [0.2, 0.25) is 0 Å². The molecule has 0 fully saturated rings. The molecule has 0 aliphatic rings. The van der Waals surface area contributed by atoms with Gasteiger partial charge in [-0.1, -0.05) is 18.5 Å². The van der Waals surface area contributed by atoms with Gasteiger partial charge in [0.15, 0.2) is 0 Å². The van der Waals surface area contributed by atoms with E-state index >= 15 is 0 Å². The first kappa shape index (κ1) is 14.0. The SMILES string of the molecule is CCCOc1ccc(Cl)cc1NC(C)C(F)F. The van der Waals surface area contributed by atoms with E-state index in [1.807, 2.05) is 6.92 Å². The molecule has 0 saturated heterocycles. The van der Waals surface area contributed by atoms with Gasteiger partial charge < -0.3 is 10.1 Å². The van der Waals surface area contributed by atoms with Crippen LogP contribution in [0.1, 0.15) is 20.3 Å². The highest BCUT2D eigenvalue weighted by atomic mass is 35.5. The Balaban J connectivity index is 2.82. The summed E-state index contributed by atoms with van der Waals surface area (Å²) in [5.74, 6) is 0.545. The number of hydrogen-bond acceptors (Lipinski definition) is 2. The predicted octanol–water partition coefficient (Wildman–Crippen LogP) is 4.19. The second-order valence-corrected chi connectivity index (χ2v) is 4.19. The molecule has 1 aromatic carbocycles.